The fraction of sp³-hybridized carbons (Fsp3) is 0.312. The van der Waals surface area contributed by atoms with Crippen LogP contribution < -0.4 is 16.4 Å². The molecule has 0 atom stereocenters. The zero-order valence-electron chi connectivity index (χ0n) is 14.3. The van der Waals surface area contributed by atoms with E-state index < -0.39 is 11.9 Å². The molecule has 0 aliphatic heterocycles. The van der Waals surface area contributed by atoms with Crippen molar-refractivity contribution in [3.05, 3.63) is 47.3 Å². The molecule has 26 heavy (non-hydrogen) atoms. The van der Waals surface area contributed by atoms with Crippen LogP contribution in [0, 0.1) is 13.8 Å². The average Bonchev–Trinajstić information content (AvgIpc) is 2.55. The van der Waals surface area contributed by atoms with Gasteiger partial charge in [-0.3, -0.25) is 4.99 Å². The van der Waals surface area contributed by atoms with Gasteiger partial charge < -0.3 is 16.4 Å². The minimum Gasteiger partial charge on any atom is -0.370 e. The predicted octanol–water partition coefficient (Wildman–Crippen LogP) is 3.57. The highest BCUT2D eigenvalue weighted by Crippen LogP contribution is 2.27. The van der Waals surface area contributed by atoms with Gasteiger partial charge in [-0.2, -0.15) is 13.2 Å². The molecule has 10 heteroatoms. The predicted molar refractivity (Wildman–Crippen MR) is 107 cm³/mol. The lowest BCUT2D eigenvalue weighted by Crippen LogP contribution is -2.24. The first-order valence-corrected chi connectivity index (χ1v) is 7.54. The van der Waals surface area contributed by atoms with E-state index in [1.54, 1.807) is 0 Å². The number of nitrogens with one attached hydrogen (secondary N) is 2. The number of hydrogen-bond donors (Lipinski definition) is 3. The van der Waals surface area contributed by atoms with E-state index in [0.717, 1.165) is 23.5 Å². The number of anilines is 2. The summed E-state index contributed by atoms with van der Waals surface area (Å²) in [5, 5.41) is 5.64. The number of aliphatic imine (C=N–C) groups is 1. The summed E-state index contributed by atoms with van der Waals surface area (Å²) in [5.74, 6) is 0.112. The Labute approximate surface area is 166 Å². The van der Waals surface area contributed by atoms with Crippen molar-refractivity contribution in [2.24, 2.45) is 10.7 Å². The maximum absolute atomic E-state index is 12.6. The van der Waals surface area contributed by atoms with E-state index >= 15 is 0 Å². The van der Waals surface area contributed by atoms with Crippen molar-refractivity contribution in [2.45, 2.75) is 20.0 Å². The number of benzene rings is 1. The zero-order chi connectivity index (χ0) is 18.4. The summed E-state index contributed by atoms with van der Waals surface area (Å²) >= 11 is 0. The number of nitrogens with two attached hydrogens (primary N) is 1. The molecule has 0 unspecified atom stereocenters. The molecular weight excluding hydrogens is 460 g/mol. The van der Waals surface area contributed by atoms with Crippen LogP contribution >= 0.6 is 24.0 Å². The van der Waals surface area contributed by atoms with Crippen LogP contribution in [0.1, 0.15) is 16.8 Å². The molecular formula is C16H20F3IN6. The Bertz CT molecular complexity index is 764. The van der Waals surface area contributed by atoms with Crippen molar-refractivity contribution in [3.63, 3.8) is 0 Å². The number of hydrogen-bond acceptors (Lipinski definition) is 4. The minimum absolute atomic E-state index is 0. The topological polar surface area (TPSA) is 88.2 Å². The first kappa shape index (κ1) is 21.9. The first-order chi connectivity index (χ1) is 11.8. The van der Waals surface area contributed by atoms with Crippen LogP contribution in [0.25, 0.3) is 0 Å². The number of guanidine groups is 1. The normalized spacial score (nSPS) is 11.7. The molecule has 0 saturated carbocycles. The standard InChI is InChI=1S/C16H19F3N6.HI/c1-10-3-4-12(9-11(10)2)24-14(20)21-7-8-23-15-22-6-5-13(25-15)16(17,18)19;/h3-6,9H,7-8H2,1-2H3,(H3,20,21,24)(H,22,23,25);1H. The van der Waals surface area contributed by atoms with E-state index in [1.165, 1.54) is 5.56 Å². The summed E-state index contributed by atoms with van der Waals surface area (Å²) < 4.78 is 37.7. The smallest absolute Gasteiger partial charge is 0.370 e. The molecule has 1 aromatic carbocycles. The van der Waals surface area contributed by atoms with Gasteiger partial charge in [0.15, 0.2) is 5.96 Å². The van der Waals surface area contributed by atoms with Gasteiger partial charge in [0.1, 0.15) is 5.69 Å². The number of alkyl halides is 3. The summed E-state index contributed by atoms with van der Waals surface area (Å²) in [6, 6.07) is 6.62. The molecule has 1 aromatic heterocycles. The zero-order valence-corrected chi connectivity index (χ0v) is 16.6. The SMILES string of the molecule is Cc1ccc(NC(N)=NCCNc2nccc(C(F)(F)F)n2)cc1C.I. The minimum atomic E-state index is -4.50. The Balaban J connectivity index is 0.00000338. The van der Waals surface area contributed by atoms with Crippen molar-refractivity contribution in [2.75, 3.05) is 23.7 Å². The van der Waals surface area contributed by atoms with Crippen LogP contribution in [-0.4, -0.2) is 29.0 Å². The summed E-state index contributed by atoms with van der Waals surface area (Å²) in [4.78, 5) is 11.2. The van der Waals surface area contributed by atoms with Crippen LogP contribution in [0.2, 0.25) is 0 Å². The van der Waals surface area contributed by atoms with Gasteiger partial charge in [-0.05, 0) is 43.2 Å². The molecule has 4 N–H and O–H groups in total. The van der Waals surface area contributed by atoms with E-state index in [2.05, 4.69) is 25.6 Å². The Morgan fingerprint density at radius 1 is 1.19 bits per heavy atom. The van der Waals surface area contributed by atoms with Crippen molar-refractivity contribution in [1.29, 1.82) is 0 Å². The van der Waals surface area contributed by atoms with Gasteiger partial charge in [0.2, 0.25) is 5.95 Å². The van der Waals surface area contributed by atoms with Crippen LogP contribution in [0.3, 0.4) is 0 Å². The Morgan fingerprint density at radius 3 is 2.58 bits per heavy atom. The molecule has 6 nitrogen and oxygen atoms in total. The lowest BCUT2D eigenvalue weighted by molar-refractivity contribution is -0.141. The number of rotatable bonds is 5. The van der Waals surface area contributed by atoms with E-state index in [0.29, 0.717) is 0 Å². The molecule has 0 aliphatic rings. The number of nitrogens with zero attached hydrogens (tertiary/aromatic N) is 3. The molecule has 2 aromatic rings. The molecule has 0 fully saturated rings. The molecule has 0 amide bonds. The molecule has 1 heterocycles. The van der Waals surface area contributed by atoms with Crippen molar-refractivity contribution < 1.29 is 13.2 Å². The van der Waals surface area contributed by atoms with Gasteiger partial charge in [0.05, 0.1) is 6.54 Å². The fourth-order valence-corrected chi connectivity index (χ4v) is 1.95. The van der Waals surface area contributed by atoms with Gasteiger partial charge in [-0.25, -0.2) is 9.97 Å². The van der Waals surface area contributed by atoms with Gasteiger partial charge in [0.25, 0.3) is 0 Å². The van der Waals surface area contributed by atoms with Gasteiger partial charge in [-0.1, -0.05) is 6.07 Å². The molecule has 0 spiro atoms. The summed E-state index contributed by atoms with van der Waals surface area (Å²) in [5.41, 5.74) is 7.91. The largest absolute Gasteiger partial charge is 0.433 e. The van der Waals surface area contributed by atoms with Crippen LogP contribution in [0.15, 0.2) is 35.5 Å². The first-order valence-electron chi connectivity index (χ1n) is 7.54. The number of aryl methyl sites for hydroxylation is 2. The molecule has 142 valence electrons. The third kappa shape index (κ3) is 6.65. The van der Waals surface area contributed by atoms with Crippen LogP contribution in [0.4, 0.5) is 24.8 Å². The quantitative estimate of drug-likeness (QED) is 0.264. The van der Waals surface area contributed by atoms with Crippen LogP contribution in [-0.2, 0) is 6.18 Å². The summed E-state index contributed by atoms with van der Waals surface area (Å²) in [6.45, 7) is 4.50. The highest BCUT2D eigenvalue weighted by atomic mass is 127. The van der Waals surface area contributed by atoms with Crippen molar-refractivity contribution >= 4 is 41.6 Å². The fourth-order valence-electron chi connectivity index (χ4n) is 1.95. The van der Waals surface area contributed by atoms with E-state index in [1.807, 2.05) is 32.0 Å². The summed E-state index contributed by atoms with van der Waals surface area (Å²) in [6.07, 6.45) is -3.45. The second kappa shape index (κ2) is 9.55. The Hall–Kier alpha value is -2.11. The number of halogens is 4. The lowest BCUT2D eigenvalue weighted by Gasteiger charge is -2.09. The van der Waals surface area contributed by atoms with Crippen LogP contribution in [0.5, 0.6) is 0 Å². The molecule has 0 radical (unpaired) electrons. The molecule has 0 aliphatic carbocycles. The highest BCUT2D eigenvalue weighted by Gasteiger charge is 2.32. The molecule has 2 rings (SSSR count). The van der Waals surface area contributed by atoms with Gasteiger partial charge >= 0.3 is 6.18 Å². The van der Waals surface area contributed by atoms with Gasteiger partial charge in [0, 0.05) is 18.4 Å². The third-order valence-corrected chi connectivity index (χ3v) is 3.40. The second-order valence-electron chi connectivity index (χ2n) is 5.38. The molecule has 0 bridgehead atoms. The maximum Gasteiger partial charge on any atom is 0.433 e. The van der Waals surface area contributed by atoms with Gasteiger partial charge in [-0.15, -0.1) is 24.0 Å². The second-order valence-corrected chi connectivity index (χ2v) is 5.38. The monoisotopic (exact) mass is 480 g/mol. The summed E-state index contributed by atoms with van der Waals surface area (Å²) in [7, 11) is 0. The van der Waals surface area contributed by atoms with Crippen molar-refractivity contribution in [3.8, 4) is 0 Å². The Morgan fingerprint density at radius 2 is 1.92 bits per heavy atom. The third-order valence-electron chi connectivity index (χ3n) is 3.40. The Kier molecular flexibility index (Phi) is 8.06. The van der Waals surface area contributed by atoms with E-state index in [4.69, 9.17) is 5.73 Å². The van der Waals surface area contributed by atoms with E-state index in [9.17, 15) is 13.2 Å². The number of aromatic nitrogens is 2. The van der Waals surface area contributed by atoms with E-state index in [-0.39, 0.29) is 49.0 Å². The average molecular weight is 480 g/mol. The highest BCUT2D eigenvalue weighted by molar-refractivity contribution is 14.0. The lowest BCUT2D eigenvalue weighted by atomic mass is 10.1. The van der Waals surface area contributed by atoms with Crippen molar-refractivity contribution in [1.82, 2.24) is 9.97 Å². The molecule has 0 saturated heterocycles. The maximum atomic E-state index is 12.6.